The number of rotatable bonds is 4. The summed E-state index contributed by atoms with van der Waals surface area (Å²) >= 11 is 0. The number of alkyl carbamates (subject to hydrolysis) is 1. The summed E-state index contributed by atoms with van der Waals surface area (Å²) in [4.78, 5) is 24.0. The van der Waals surface area contributed by atoms with Crippen LogP contribution in [0.2, 0.25) is 0 Å². The molecule has 5 heteroatoms. The maximum absolute atomic E-state index is 12.2. The highest BCUT2D eigenvalue weighted by atomic mass is 16.5. The van der Waals surface area contributed by atoms with Crippen LogP contribution in [0.5, 0.6) is 0 Å². The van der Waals surface area contributed by atoms with Gasteiger partial charge in [0.2, 0.25) is 0 Å². The van der Waals surface area contributed by atoms with Gasteiger partial charge in [-0.05, 0) is 34.4 Å². The summed E-state index contributed by atoms with van der Waals surface area (Å²) in [6.07, 6.45) is -0.530. The van der Waals surface area contributed by atoms with Crippen molar-refractivity contribution in [3.63, 3.8) is 0 Å². The lowest BCUT2D eigenvalue weighted by Crippen LogP contribution is -2.26. The van der Waals surface area contributed by atoms with E-state index < -0.39 is 12.1 Å². The van der Waals surface area contributed by atoms with E-state index in [4.69, 9.17) is 9.47 Å². The molecule has 1 aliphatic rings. The number of hydrogen-bond donors (Lipinski definition) is 1. The molecule has 0 atom stereocenters. The second-order valence-corrected chi connectivity index (χ2v) is 7.02. The fourth-order valence-corrected chi connectivity index (χ4v) is 3.79. The van der Waals surface area contributed by atoms with Crippen LogP contribution in [0.15, 0.2) is 72.8 Å². The van der Waals surface area contributed by atoms with Crippen LogP contribution in [-0.4, -0.2) is 32.3 Å². The summed E-state index contributed by atoms with van der Waals surface area (Å²) in [5.74, 6) is 5.29. The number of hydrogen-bond acceptors (Lipinski definition) is 4. The molecule has 3 aromatic rings. The number of carbonyl (C=O) groups excluding carboxylic acids is 2. The topological polar surface area (TPSA) is 64.6 Å². The lowest BCUT2D eigenvalue weighted by Gasteiger charge is -2.14. The Morgan fingerprint density at radius 3 is 2.19 bits per heavy atom. The number of ether oxygens (including phenoxy) is 2. The molecule has 0 aliphatic heterocycles. The van der Waals surface area contributed by atoms with Gasteiger partial charge in [-0.15, -0.1) is 0 Å². The summed E-state index contributed by atoms with van der Waals surface area (Å²) in [6, 6.07) is 23.3. The Bertz CT molecular complexity index is 1140. The minimum atomic E-state index is -0.530. The van der Waals surface area contributed by atoms with E-state index in [1.54, 1.807) is 24.3 Å². The minimum Gasteiger partial charge on any atom is -0.465 e. The Kier molecular flexibility index (Phi) is 6.00. The van der Waals surface area contributed by atoms with Gasteiger partial charge in [-0.3, -0.25) is 0 Å². The number of esters is 1. The summed E-state index contributed by atoms with van der Waals surface area (Å²) < 4.78 is 10.2. The number of benzene rings is 3. The van der Waals surface area contributed by atoms with Crippen molar-refractivity contribution in [2.24, 2.45) is 0 Å². The maximum Gasteiger partial charge on any atom is 0.407 e. The van der Waals surface area contributed by atoms with Crippen LogP contribution < -0.4 is 5.32 Å². The maximum atomic E-state index is 12.2. The monoisotopic (exact) mass is 411 g/mol. The van der Waals surface area contributed by atoms with E-state index in [2.05, 4.69) is 41.4 Å². The third-order valence-corrected chi connectivity index (χ3v) is 5.22. The molecule has 0 spiro atoms. The van der Waals surface area contributed by atoms with Crippen molar-refractivity contribution in [3.05, 3.63) is 95.1 Å². The van der Waals surface area contributed by atoms with Gasteiger partial charge in [-0.1, -0.05) is 72.5 Å². The second-order valence-electron chi connectivity index (χ2n) is 7.02. The molecule has 31 heavy (non-hydrogen) atoms. The van der Waals surface area contributed by atoms with Crippen molar-refractivity contribution in [3.8, 4) is 23.0 Å². The van der Waals surface area contributed by atoms with Gasteiger partial charge in [0.1, 0.15) is 6.61 Å². The molecule has 4 rings (SSSR count). The van der Waals surface area contributed by atoms with Crippen molar-refractivity contribution in [2.75, 3.05) is 20.3 Å². The van der Waals surface area contributed by atoms with E-state index in [-0.39, 0.29) is 19.1 Å². The van der Waals surface area contributed by atoms with Crippen molar-refractivity contribution in [2.45, 2.75) is 5.92 Å². The standard InChI is InChI=1S/C26H21NO4/c1-30-25(28)19-11-3-2-9-18(19)10-8-16-27-26(29)31-17-24-22-14-6-4-12-20(22)21-13-5-7-15-23(21)24/h2-7,9,11-15,24H,16-17H2,1H3,(H,27,29). The molecule has 0 saturated carbocycles. The second kappa shape index (κ2) is 9.19. The number of methoxy groups -OCH3 is 1. The summed E-state index contributed by atoms with van der Waals surface area (Å²) in [7, 11) is 1.32. The minimum absolute atomic E-state index is 0.0103. The molecular weight excluding hydrogens is 390 g/mol. The van der Waals surface area contributed by atoms with Crippen LogP contribution in [-0.2, 0) is 9.47 Å². The number of amides is 1. The van der Waals surface area contributed by atoms with E-state index in [0.29, 0.717) is 11.1 Å². The SMILES string of the molecule is COC(=O)c1ccccc1C#CCNC(=O)OCC1c2ccccc2-c2ccccc21. The first-order valence-corrected chi connectivity index (χ1v) is 9.94. The molecule has 1 amide bonds. The molecule has 0 fully saturated rings. The van der Waals surface area contributed by atoms with Gasteiger partial charge in [0.15, 0.2) is 0 Å². The van der Waals surface area contributed by atoms with Crippen molar-refractivity contribution in [1.82, 2.24) is 5.32 Å². The molecule has 0 aromatic heterocycles. The first-order chi connectivity index (χ1) is 15.2. The molecular formula is C26H21NO4. The van der Waals surface area contributed by atoms with Gasteiger partial charge < -0.3 is 14.8 Å². The Balaban J connectivity index is 1.36. The average Bonchev–Trinajstić information content (AvgIpc) is 3.14. The molecule has 0 radical (unpaired) electrons. The van der Waals surface area contributed by atoms with E-state index in [1.807, 2.05) is 24.3 Å². The van der Waals surface area contributed by atoms with Gasteiger partial charge in [0.05, 0.1) is 19.2 Å². The van der Waals surface area contributed by atoms with Crippen LogP contribution in [0.4, 0.5) is 4.79 Å². The van der Waals surface area contributed by atoms with E-state index in [9.17, 15) is 9.59 Å². The zero-order chi connectivity index (χ0) is 21.6. The lowest BCUT2D eigenvalue weighted by atomic mass is 9.98. The Morgan fingerprint density at radius 1 is 0.903 bits per heavy atom. The summed E-state index contributed by atoms with van der Waals surface area (Å²) in [5.41, 5.74) is 5.62. The largest absolute Gasteiger partial charge is 0.465 e. The molecule has 1 N–H and O–H groups in total. The molecule has 154 valence electrons. The van der Waals surface area contributed by atoms with E-state index in [1.165, 1.54) is 18.2 Å². The van der Waals surface area contributed by atoms with Crippen LogP contribution in [0.3, 0.4) is 0 Å². The molecule has 0 bridgehead atoms. The van der Waals surface area contributed by atoms with Crippen molar-refractivity contribution >= 4 is 12.1 Å². The predicted molar refractivity (Wildman–Crippen MR) is 118 cm³/mol. The fourth-order valence-electron chi connectivity index (χ4n) is 3.79. The quantitative estimate of drug-likeness (QED) is 0.512. The van der Waals surface area contributed by atoms with E-state index >= 15 is 0 Å². The number of nitrogens with one attached hydrogen (secondary N) is 1. The summed E-state index contributed by atoms with van der Waals surface area (Å²) in [6.45, 7) is 0.352. The van der Waals surface area contributed by atoms with Gasteiger partial charge in [0, 0.05) is 11.5 Å². The zero-order valence-electron chi connectivity index (χ0n) is 17.1. The van der Waals surface area contributed by atoms with Gasteiger partial charge >= 0.3 is 12.1 Å². The first kappa shape index (κ1) is 20.2. The Morgan fingerprint density at radius 2 is 1.52 bits per heavy atom. The third kappa shape index (κ3) is 4.29. The molecule has 0 saturated heterocycles. The zero-order valence-corrected chi connectivity index (χ0v) is 17.1. The highest BCUT2D eigenvalue weighted by Gasteiger charge is 2.28. The van der Waals surface area contributed by atoms with Crippen LogP contribution >= 0.6 is 0 Å². The highest BCUT2D eigenvalue weighted by molar-refractivity contribution is 5.92. The predicted octanol–water partition coefficient (Wildman–Crippen LogP) is 4.36. The number of carbonyl (C=O) groups is 2. The molecule has 0 unspecified atom stereocenters. The van der Waals surface area contributed by atoms with Gasteiger partial charge in [-0.25, -0.2) is 9.59 Å². The van der Waals surface area contributed by atoms with Crippen molar-refractivity contribution in [1.29, 1.82) is 0 Å². The number of fused-ring (bicyclic) bond motifs is 3. The van der Waals surface area contributed by atoms with Crippen LogP contribution in [0.25, 0.3) is 11.1 Å². The summed E-state index contributed by atoms with van der Waals surface area (Å²) in [5, 5.41) is 2.64. The van der Waals surface area contributed by atoms with Crippen molar-refractivity contribution < 1.29 is 19.1 Å². The van der Waals surface area contributed by atoms with Gasteiger partial charge in [0.25, 0.3) is 0 Å². The molecule has 1 aliphatic carbocycles. The van der Waals surface area contributed by atoms with Crippen LogP contribution in [0, 0.1) is 11.8 Å². The molecule has 5 nitrogen and oxygen atoms in total. The van der Waals surface area contributed by atoms with Crippen LogP contribution in [0.1, 0.15) is 33.0 Å². The normalized spacial score (nSPS) is 11.5. The molecule has 3 aromatic carbocycles. The Labute approximate surface area is 181 Å². The lowest BCUT2D eigenvalue weighted by molar-refractivity contribution is 0.0600. The molecule has 0 heterocycles. The fraction of sp³-hybridized carbons (Fsp3) is 0.154. The average molecular weight is 411 g/mol. The first-order valence-electron chi connectivity index (χ1n) is 9.94. The third-order valence-electron chi connectivity index (χ3n) is 5.22. The highest BCUT2D eigenvalue weighted by Crippen LogP contribution is 2.44. The Hall–Kier alpha value is -4.04. The smallest absolute Gasteiger partial charge is 0.407 e. The van der Waals surface area contributed by atoms with Gasteiger partial charge in [-0.2, -0.15) is 0 Å². The van der Waals surface area contributed by atoms with E-state index in [0.717, 1.165) is 11.1 Å².